The number of aromatic nitrogens is 3. The molecule has 0 aliphatic rings. The lowest BCUT2D eigenvalue weighted by Crippen LogP contribution is -2.24. The molecule has 3 N–H and O–H groups in total. The number of carbonyl (C=O) groups excluding carboxylic acids is 2. The van der Waals surface area contributed by atoms with Crippen molar-refractivity contribution in [3.8, 4) is 0 Å². The van der Waals surface area contributed by atoms with Crippen molar-refractivity contribution in [1.29, 1.82) is 0 Å². The summed E-state index contributed by atoms with van der Waals surface area (Å²) in [7, 11) is 1.74. The van der Waals surface area contributed by atoms with E-state index in [-0.39, 0.29) is 29.7 Å². The molecule has 0 unspecified atom stereocenters. The van der Waals surface area contributed by atoms with Crippen molar-refractivity contribution in [3.05, 3.63) is 70.5 Å². The fraction of sp³-hybridized carbons (Fsp3) is 0.150. The molecule has 0 spiro atoms. The highest BCUT2D eigenvalue weighted by Crippen LogP contribution is 2.17. The van der Waals surface area contributed by atoms with E-state index in [1.165, 1.54) is 23.9 Å². The van der Waals surface area contributed by atoms with Gasteiger partial charge in [0.2, 0.25) is 5.91 Å². The van der Waals surface area contributed by atoms with Crippen LogP contribution in [0, 0.1) is 0 Å². The molecule has 3 rings (SSSR count). The van der Waals surface area contributed by atoms with Crippen molar-refractivity contribution < 1.29 is 19.5 Å². The van der Waals surface area contributed by atoms with E-state index in [1.54, 1.807) is 48.0 Å². The van der Waals surface area contributed by atoms with Crippen LogP contribution in [-0.4, -0.2) is 43.4 Å². The lowest BCUT2D eigenvalue weighted by molar-refractivity contribution is -0.113. The third-order valence-corrected chi connectivity index (χ3v) is 5.44. The quantitative estimate of drug-likeness (QED) is 0.442. The summed E-state index contributed by atoms with van der Waals surface area (Å²) in [4.78, 5) is 35.4. The molecule has 2 amide bonds. The average Bonchev–Trinajstić information content (AvgIpc) is 3.10. The predicted molar refractivity (Wildman–Crippen MR) is 116 cm³/mol. The first-order chi connectivity index (χ1) is 14.8. The fourth-order valence-corrected chi connectivity index (χ4v) is 3.40. The van der Waals surface area contributed by atoms with Gasteiger partial charge in [-0.3, -0.25) is 9.59 Å². The van der Waals surface area contributed by atoms with Gasteiger partial charge in [-0.1, -0.05) is 29.4 Å². The van der Waals surface area contributed by atoms with Crippen LogP contribution in [0.4, 0.5) is 5.69 Å². The minimum absolute atomic E-state index is 0.0560. The topological polar surface area (TPSA) is 126 Å². The summed E-state index contributed by atoms with van der Waals surface area (Å²) >= 11 is 6.99. The lowest BCUT2D eigenvalue weighted by Gasteiger charge is -2.07. The third kappa shape index (κ3) is 6.06. The number of carboxylic acids is 1. The van der Waals surface area contributed by atoms with Crippen LogP contribution in [0.3, 0.4) is 0 Å². The van der Waals surface area contributed by atoms with Gasteiger partial charge in [0.05, 0.1) is 17.9 Å². The van der Waals surface area contributed by atoms with E-state index in [0.29, 0.717) is 27.3 Å². The summed E-state index contributed by atoms with van der Waals surface area (Å²) in [6.07, 6.45) is 0. The van der Waals surface area contributed by atoms with Crippen LogP contribution in [0.2, 0.25) is 5.02 Å². The highest BCUT2D eigenvalue weighted by Gasteiger charge is 2.13. The number of carboxylic acid groups (broad SMARTS) is 1. The van der Waals surface area contributed by atoms with Crippen molar-refractivity contribution in [2.75, 3.05) is 11.1 Å². The molecule has 0 bridgehead atoms. The van der Waals surface area contributed by atoms with Gasteiger partial charge in [-0.2, -0.15) is 0 Å². The zero-order valence-corrected chi connectivity index (χ0v) is 17.9. The molecule has 0 fully saturated rings. The molecule has 1 heterocycles. The summed E-state index contributed by atoms with van der Waals surface area (Å²) in [5.74, 6) is -1.06. The number of hydrogen-bond acceptors (Lipinski definition) is 6. The van der Waals surface area contributed by atoms with Crippen LogP contribution in [0.5, 0.6) is 0 Å². The Morgan fingerprint density at radius 2 is 1.84 bits per heavy atom. The standard InChI is InChI=1S/C20H18ClN5O4S/c1-26-16(10-22-18(28)12-5-7-14(21)8-6-12)24-25-20(26)31-11-17(27)23-15-4-2-3-13(9-15)19(29)30/h2-9H,10-11H2,1H3,(H,22,28)(H,23,27)(H,29,30). The Morgan fingerprint density at radius 3 is 2.55 bits per heavy atom. The number of nitrogens with one attached hydrogen (secondary N) is 2. The van der Waals surface area contributed by atoms with Crippen LogP contribution in [0.15, 0.2) is 53.7 Å². The van der Waals surface area contributed by atoms with Crippen molar-refractivity contribution in [2.24, 2.45) is 7.05 Å². The Bertz CT molecular complexity index is 1120. The second kappa shape index (κ2) is 10.1. The summed E-state index contributed by atoms with van der Waals surface area (Å²) in [6.45, 7) is 0.166. The molecule has 0 radical (unpaired) electrons. The van der Waals surface area contributed by atoms with Gasteiger partial charge in [0.25, 0.3) is 5.91 Å². The summed E-state index contributed by atoms with van der Waals surface area (Å²) in [6, 6.07) is 12.5. The van der Waals surface area contributed by atoms with Crippen molar-refractivity contribution in [3.63, 3.8) is 0 Å². The Labute approximate surface area is 186 Å². The van der Waals surface area contributed by atoms with Crippen LogP contribution < -0.4 is 10.6 Å². The van der Waals surface area contributed by atoms with Gasteiger partial charge in [-0.15, -0.1) is 10.2 Å². The van der Waals surface area contributed by atoms with Gasteiger partial charge >= 0.3 is 5.97 Å². The molecule has 2 aromatic carbocycles. The highest BCUT2D eigenvalue weighted by molar-refractivity contribution is 7.99. The maximum atomic E-state index is 12.2. The number of hydrogen-bond donors (Lipinski definition) is 3. The maximum Gasteiger partial charge on any atom is 0.335 e. The maximum absolute atomic E-state index is 12.2. The van der Waals surface area contributed by atoms with E-state index in [4.69, 9.17) is 16.7 Å². The molecule has 0 aliphatic carbocycles. The van der Waals surface area contributed by atoms with Gasteiger partial charge in [-0.25, -0.2) is 4.79 Å². The van der Waals surface area contributed by atoms with Gasteiger partial charge in [-0.05, 0) is 42.5 Å². The average molecular weight is 460 g/mol. The van der Waals surface area contributed by atoms with E-state index in [9.17, 15) is 14.4 Å². The van der Waals surface area contributed by atoms with Crippen LogP contribution >= 0.6 is 23.4 Å². The Hall–Kier alpha value is -3.37. The lowest BCUT2D eigenvalue weighted by atomic mass is 10.2. The Morgan fingerprint density at radius 1 is 1.10 bits per heavy atom. The van der Waals surface area contributed by atoms with E-state index < -0.39 is 5.97 Å². The van der Waals surface area contributed by atoms with Gasteiger partial charge in [0.1, 0.15) is 0 Å². The normalized spacial score (nSPS) is 10.5. The molecule has 0 saturated carbocycles. The largest absolute Gasteiger partial charge is 0.478 e. The van der Waals surface area contributed by atoms with Crippen molar-refractivity contribution in [2.45, 2.75) is 11.7 Å². The molecule has 3 aromatic rings. The van der Waals surface area contributed by atoms with Gasteiger partial charge in [0, 0.05) is 23.3 Å². The first-order valence-electron chi connectivity index (χ1n) is 9.01. The van der Waals surface area contributed by atoms with E-state index >= 15 is 0 Å². The molecular weight excluding hydrogens is 442 g/mol. The minimum Gasteiger partial charge on any atom is -0.478 e. The number of rotatable bonds is 8. The van der Waals surface area contributed by atoms with E-state index in [0.717, 1.165) is 0 Å². The van der Waals surface area contributed by atoms with Crippen molar-refractivity contribution in [1.82, 2.24) is 20.1 Å². The number of amides is 2. The zero-order chi connectivity index (χ0) is 22.4. The van der Waals surface area contributed by atoms with Crippen LogP contribution in [0.25, 0.3) is 0 Å². The molecule has 1 aromatic heterocycles. The number of halogens is 1. The predicted octanol–water partition coefficient (Wildman–Crippen LogP) is 2.83. The number of nitrogens with zero attached hydrogens (tertiary/aromatic N) is 3. The monoisotopic (exact) mass is 459 g/mol. The van der Waals surface area contributed by atoms with Crippen LogP contribution in [-0.2, 0) is 18.4 Å². The SMILES string of the molecule is Cn1c(CNC(=O)c2ccc(Cl)cc2)nnc1SCC(=O)Nc1cccc(C(=O)O)c1. The first-order valence-corrected chi connectivity index (χ1v) is 10.4. The number of anilines is 1. The molecule has 0 atom stereocenters. The fourth-order valence-electron chi connectivity index (χ4n) is 2.54. The number of aromatic carboxylic acids is 1. The molecule has 9 nitrogen and oxygen atoms in total. The Balaban J connectivity index is 1.52. The molecule has 11 heteroatoms. The molecule has 160 valence electrons. The molecule has 31 heavy (non-hydrogen) atoms. The van der Waals surface area contributed by atoms with E-state index in [1.807, 2.05) is 0 Å². The first kappa shape index (κ1) is 22.3. The number of thioether (sulfide) groups is 1. The summed E-state index contributed by atoms with van der Waals surface area (Å²) in [5, 5.41) is 23.6. The van der Waals surface area contributed by atoms with Gasteiger partial charge in [0.15, 0.2) is 11.0 Å². The number of benzene rings is 2. The van der Waals surface area contributed by atoms with Gasteiger partial charge < -0.3 is 20.3 Å². The zero-order valence-electron chi connectivity index (χ0n) is 16.3. The highest BCUT2D eigenvalue weighted by atomic mass is 35.5. The smallest absolute Gasteiger partial charge is 0.335 e. The second-order valence-electron chi connectivity index (χ2n) is 6.37. The molecule has 0 aliphatic heterocycles. The minimum atomic E-state index is -1.07. The summed E-state index contributed by atoms with van der Waals surface area (Å²) in [5.41, 5.74) is 0.961. The van der Waals surface area contributed by atoms with Crippen LogP contribution in [0.1, 0.15) is 26.5 Å². The number of carbonyl (C=O) groups is 3. The molecule has 0 saturated heterocycles. The third-order valence-electron chi connectivity index (χ3n) is 4.16. The molecular formula is C20H18ClN5O4S. The second-order valence-corrected chi connectivity index (χ2v) is 7.75. The van der Waals surface area contributed by atoms with Crippen molar-refractivity contribution >= 4 is 46.8 Å². The Kier molecular flexibility index (Phi) is 7.27. The summed E-state index contributed by atoms with van der Waals surface area (Å²) < 4.78 is 1.69. The van der Waals surface area contributed by atoms with E-state index in [2.05, 4.69) is 20.8 Å².